The molecular weight excluding hydrogens is 463 g/mol. The lowest BCUT2D eigenvalue weighted by Gasteiger charge is -2.30. The van der Waals surface area contributed by atoms with Crippen LogP contribution in [0.2, 0.25) is 0 Å². The van der Waals surface area contributed by atoms with Crippen LogP contribution in [0.15, 0.2) is 11.1 Å². The number of likely N-dealkylation sites (tertiary alicyclic amines) is 1. The van der Waals surface area contributed by atoms with Crippen molar-refractivity contribution in [2.45, 2.75) is 60.4 Å². The van der Waals surface area contributed by atoms with Crippen molar-refractivity contribution in [1.82, 2.24) is 25.3 Å². The van der Waals surface area contributed by atoms with Crippen LogP contribution in [0.4, 0.5) is 0 Å². The van der Waals surface area contributed by atoms with Crippen LogP contribution in [0.3, 0.4) is 0 Å². The minimum Gasteiger partial charge on any atom is -0.357 e. The van der Waals surface area contributed by atoms with Crippen molar-refractivity contribution in [3.63, 3.8) is 0 Å². The van der Waals surface area contributed by atoms with E-state index in [9.17, 15) is 0 Å². The van der Waals surface area contributed by atoms with E-state index in [1.54, 1.807) is 0 Å². The lowest BCUT2D eigenvalue weighted by atomic mass is 9.99. The van der Waals surface area contributed by atoms with Gasteiger partial charge in [-0.15, -0.1) is 24.0 Å². The highest BCUT2D eigenvalue weighted by Crippen LogP contribution is 2.15. The van der Waals surface area contributed by atoms with E-state index < -0.39 is 0 Å². The molecule has 1 saturated heterocycles. The lowest BCUT2D eigenvalue weighted by molar-refractivity contribution is 0.191. The Morgan fingerprint density at radius 2 is 2.00 bits per heavy atom. The van der Waals surface area contributed by atoms with Gasteiger partial charge in [0.1, 0.15) is 0 Å². The summed E-state index contributed by atoms with van der Waals surface area (Å²) >= 11 is 0. The monoisotopic (exact) mass is 504 g/mol. The zero-order chi connectivity index (χ0) is 19.6. The zero-order valence-electron chi connectivity index (χ0n) is 18.5. The number of hydrogen-bond acceptors (Lipinski definition) is 3. The summed E-state index contributed by atoms with van der Waals surface area (Å²) in [5.74, 6) is 2.29. The van der Waals surface area contributed by atoms with Gasteiger partial charge in [0.25, 0.3) is 0 Å². The Morgan fingerprint density at radius 3 is 2.61 bits per heavy atom. The average molecular weight is 505 g/mol. The largest absolute Gasteiger partial charge is 0.357 e. The molecule has 1 aliphatic rings. The van der Waals surface area contributed by atoms with Gasteiger partial charge in [-0.05, 0) is 77.6 Å². The van der Waals surface area contributed by atoms with Crippen molar-refractivity contribution in [1.29, 1.82) is 0 Å². The third kappa shape index (κ3) is 9.11. The predicted molar refractivity (Wildman–Crippen MR) is 130 cm³/mol. The maximum absolute atomic E-state index is 4.78. The number of aryl methyl sites for hydroxylation is 2. The summed E-state index contributed by atoms with van der Waals surface area (Å²) in [6.07, 6.45) is 3.87. The molecule has 2 rings (SSSR count). The van der Waals surface area contributed by atoms with Crippen LogP contribution >= 0.6 is 24.0 Å². The molecule has 0 radical (unpaired) electrons. The van der Waals surface area contributed by atoms with Crippen molar-refractivity contribution in [3.05, 3.63) is 17.5 Å². The van der Waals surface area contributed by atoms with Gasteiger partial charge < -0.3 is 15.5 Å². The van der Waals surface area contributed by atoms with E-state index in [4.69, 9.17) is 4.99 Å². The molecule has 2 heterocycles. The molecule has 0 spiro atoms. The number of halogens is 1. The van der Waals surface area contributed by atoms with Crippen molar-refractivity contribution < 1.29 is 0 Å². The number of piperidine rings is 1. The minimum absolute atomic E-state index is 0. The van der Waals surface area contributed by atoms with E-state index in [-0.39, 0.29) is 24.0 Å². The second-order valence-electron chi connectivity index (χ2n) is 8.24. The second-order valence-corrected chi connectivity index (χ2v) is 8.24. The summed E-state index contributed by atoms with van der Waals surface area (Å²) in [6.45, 7) is 18.2. The van der Waals surface area contributed by atoms with Gasteiger partial charge in [0.15, 0.2) is 5.96 Å². The molecule has 28 heavy (non-hydrogen) atoms. The van der Waals surface area contributed by atoms with Gasteiger partial charge in [-0.1, -0.05) is 13.8 Å². The van der Waals surface area contributed by atoms with Gasteiger partial charge in [0, 0.05) is 31.9 Å². The first kappa shape index (κ1) is 25.2. The van der Waals surface area contributed by atoms with Crippen molar-refractivity contribution in [3.8, 4) is 0 Å². The molecule has 2 N–H and O–H groups in total. The van der Waals surface area contributed by atoms with E-state index >= 15 is 0 Å². The summed E-state index contributed by atoms with van der Waals surface area (Å²) in [5.41, 5.74) is 2.31. The minimum atomic E-state index is 0. The quantitative estimate of drug-likeness (QED) is 0.234. The molecule has 1 aromatic heterocycles. The van der Waals surface area contributed by atoms with E-state index in [1.165, 1.54) is 44.6 Å². The Bertz CT molecular complexity index is 577. The number of nitrogens with one attached hydrogen (secondary N) is 2. The Labute approximate surface area is 189 Å². The molecule has 7 heteroatoms. The van der Waals surface area contributed by atoms with Crippen molar-refractivity contribution >= 4 is 29.9 Å². The Kier molecular flexibility index (Phi) is 12.1. The molecule has 1 unspecified atom stereocenters. The molecule has 6 nitrogen and oxygen atoms in total. The maximum atomic E-state index is 4.78. The lowest BCUT2D eigenvalue weighted by Crippen LogP contribution is -2.40. The number of nitrogens with zero attached hydrogens (tertiary/aromatic N) is 4. The van der Waals surface area contributed by atoms with Crippen LogP contribution in [0.25, 0.3) is 0 Å². The molecule has 0 aliphatic carbocycles. The van der Waals surface area contributed by atoms with E-state index in [2.05, 4.69) is 59.1 Å². The van der Waals surface area contributed by atoms with Gasteiger partial charge in [0.05, 0.1) is 5.69 Å². The fourth-order valence-corrected chi connectivity index (χ4v) is 3.60. The fourth-order valence-electron chi connectivity index (χ4n) is 3.60. The highest BCUT2D eigenvalue weighted by molar-refractivity contribution is 14.0. The first-order valence-electron chi connectivity index (χ1n) is 10.7. The molecule has 0 saturated carbocycles. The van der Waals surface area contributed by atoms with Crippen LogP contribution in [0.5, 0.6) is 0 Å². The summed E-state index contributed by atoms with van der Waals surface area (Å²) in [4.78, 5) is 7.38. The van der Waals surface area contributed by atoms with Crippen LogP contribution in [-0.2, 0) is 6.54 Å². The van der Waals surface area contributed by atoms with Gasteiger partial charge in [0.2, 0.25) is 0 Å². The van der Waals surface area contributed by atoms with Gasteiger partial charge in [-0.3, -0.25) is 9.67 Å². The Hall–Kier alpha value is -0.830. The molecular formula is C21H41IN6. The van der Waals surface area contributed by atoms with E-state index in [1.807, 2.05) is 6.92 Å². The summed E-state index contributed by atoms with van der Waals surface area (Å²) in [7, 11) is 0. The third-order valence-electron chi connectivity index (χ3n) is 5.31. The van der Waals surface area contributed by atoms with Crippen LogP contribution in [-0.4, -0.2) is 59.9 Å². The number of aromatic nitrogens is 2. The predicted octanol–water partition coefficient (Wildman–Crippen LogP) is 3.43. The standard InChI is InChI=1S/C21H40N6.HI/c1-6-22-21(23-10-7-11-26-12-8-17(2)9-13-26)24-15-18(3)16-27-20(5)14-19(4)25-27;/h14,17-18H,6-13,15-16H2,1-5H3,(H2,22,23,24);1H. The van der Waals surface area contributed by atoms with Crippen LogP contribution in [0, 0.1) is 25.7 Å². The second kappa shape index (κ2) is 13.4. The van der Waals surface area contributed by atoms with Crippen molar-refractivity contribution in [2.24, 2.45) is 16.8 Å². The van der Waals surface area contributed by atoms with Crippen LogP contribution < -0.4 is 10.6 Å². The van der Waals surface area contributed by atoms with E-state index in [0.717, 1.165) is 43.8 Å². The zero-order valence-corrected chi connectivity index (χ0v) is 20.8. The third-order valence-corrected chi connectivity index (χ3v) is 5.31. The summed E-state index contributed by atoms with van der Waals surface area (Å²) in [5, 5.41) is 11.4. The topological polar surface area (TPSA) is 57.5 Å². The smallest absolute Gasteiger partial charge is 0.191 e. The maximum Gasteiger partial charge on any atom is 0.191 e. The number of hydrogen-bond donors (Lipinski definition) is 2. The highest BCUT2D eigenvalue weighted by atomic mass is 127. The molecule has 1 fully saturated rings. The highest BCUT2D eigenvalue weighted by Gasteiger charge is 2.14. The van der Waals surface area contributed by atoms with Gasteiger partial charge in [-0.25, -0.2) is 0 Å². The molecule has 0 amide bonds. The molecule has 1 atom stereocenters. The molecule has 1 aromatic rings. The SMILES string of the molecule is CCNC(=NCC(C)Cn1nc(C)cc1C)NCCCN1CCC(C)CC1.I. The van der Waals surface area contributed by atoms with Crippen LogP contribution in [0.1, 0.15) is 51.4 Å². The molecule has 1 aliphatic heterocycles. The first-order chi connectivity index (χ1) is 13.0. The van der Waals surface area contributed by atoms with Gasteiger partial charge in [-0.2, -0.15) is 5.10 Å². The first-order valence-corrected chi connectivity index (χ1v) is 10.7. The number of aliphatic imine (C=N–C) groups is 1. The number of guanidine groups is 1. The Morgan fingerprint density at radius 1 is 1.29 bits per heavy atom. The van der Waals surface area contributed by atoms with Crippen molar-refractivity contribution in [2.75, 3.05) is 39.3 Å². The summed E-state index contributed by atoms with van der Waals surface area (Å²) < 4.78 is 2.09. The normalized spacial score (nSPS) is 17.2. The van der Waals surface area contributed by atoms with Gasteiger partial charge >= 0.3 is 0 Å². The molecule has 0 aromatic carbocycles. The van der Waals surface area contributed by atoms with E-state index in [0.29, 0.717) is 5.92 Å². The fraction of sp³-hybridized carbons (Fsp3) is 0.810. The summed E-state index contributed by atoms with van der Waals surface area (Å²) in [6, 6.07) is 2.13. The number of rotatable bonds is 9. The molecule has 162 valence electrons. The Balaban J connectivity index is 0.00000392. The molecule has 0 bridgehead atoms. The average Bonchev–Trinajstić information content (AvgIpc) is 2.95.